The highest BCUT2D eigenvalue weighted by Gasteiger charge is 2.39. The number of rotatable bonds is 3. The molecule has 8 heteroatoms. The standard InChI is InChI=1S/C19H27N5O2S/c1-14-12-15-16(20-13-21-17(15)27-14)22-4-6-23(7-5-22)18(25)19(2,3)24-8-10-26-11-9-24/h12-13H,4-11H2,1-3H3. The number of thiophene rings is 1. The van der Waals surface area contributed by atoms with Crippen LogP contribution in [0.4, 0.5) is 5.82 Å². The van der Waals surface area contributed by atoms with Crippen LogP contribution in [-0.4, -0.2) is 83.7 Å². The number of morpholine rings is 1. The van der Waals surface area contributed by atoms with Crippen LogP contribution in [0.3, 0.4) is 0 Å². The second-order valence-corrected chi connectivity index (χ2v) is 8.95. The molecule has 2 aliphatic rings. The molecule has 0 aliphatic carbocycles. The van der Waals surface area contributed by atoms with E-state index < -0.39 is 5.54 Å². The molecular formula is C19H27N5O2S. The first-order valence-corrected chi connectivity index (χ1v) is 10.4. The number of nitrogens with zero attached hydrogens (tertiary/aromatic N) is 5. The number of hydrogen-bond donors (Lipinski definition) is 0. The third kappa shape index (κ3) is 3.53. The fourth-order valence-corrected chi connectivity index (χ4v) is 4.82. The summed E-state index contributed by atoms with van der Waals surface area (Å²) in [5, 5.41) is 1.12. The molecule has 4 heterocycles. The van der Waals surface area contributed by atoms with Gasteiger partial charge in [0.05, 0.1) is 24.1 Å². The van der Waals surface area contributed by atoms with Crippen molar-refractivity contribution < 1.29 is 9.53 Å². The van der Waals surface area contributed by atoms with Gasteiger partial charge in [-0.25, -0.2) is 9.97 Å². The number of fused-ring (bicyclic) bond motifs is 1. The molecule has 0 spiro atoms. The minimum atomic E-state index is -0.487. The Bertz CT molecular complexity index is 823. The minimum absolute atomic E-state index is 0.211. The number of piperazine rings is 1. The third-order valence-corrected chi connectivity index (χ3v) is 6.58. The van der Waals surface area contributed by atoms with Crippen molar-refractivity contribution in [3.8, 4) is 0 Å². The summed E-state index contributed by atoms with van der Waals surface area (Å²) in [6.07, 6.45) is 1.65. The van der Waals surface area contributed by atoms with Crippen molar-refractivity contribution in [3.63, 3.8) is 0 Å². The van der Waals surface area contributed by atoms with Gasteiger partial charge in [-0.1, -0.05) is 0 Å². The number of hydrogen-bond acceptors (Lipinski definition) is 7. The van der Waals surface area contributed by atoms with E-state index >= 15 is 0 Å². The summed E-state index contributed by atoms with van der Waals surface area (Å²) in [6.45, 7) is 12.2. The van der Waals surface area contributed by atoms with Gasteiger partial charge in [0.1, 0.15) is 17.0 Å². The van der Waals surface area contributed by atoms with Crippen LogP contribution >= 0.6 is 11.3 Å². The molecule has 146 valence electrons. The maximum Gasteiger partial charge on any atom is 0.242 e. The molecule has 2 fully saturated rings. The Hall–Kier alpha value is -1.77. The molecule has 0 N–H and O–H groups in total. The van der Waals surface area contributed by atoms with Gasteiger partial charge in [-0.2, -0.15) is 0 Å². The SMILES string of the molecule is Cc1cc2c(N3CCN(C(=O)C(C)(C)N4CCOCC4)CC3)ncnc2s1. The molecule has 2 aliphatic heterocycles. The van der Waals surface area contributed by atoms with Crippen LogP contribution in [0.2, 0.25) is 0 Å². The highest BCUT2D eigenvalue weighted by Crippen LogP contribution is 2.30. The predicted octanol–water partition coefficient (Wildman–Crippen LogP) is 1.76. The first-order valence-electron chi connectivity index (χ1n) is 9.55. The molecule has 7 nitrogen and oxygen atoms in total. The number of aromatic nitrogens is 2. The van der Waals surface area contributed by atoms with Crippen LogP contribution in [0.1, 0.15) is 18.7 Å². The van der Waals surface area contributed by atoms with Gasteiger partial charge >= 0.3 is 0 Å². The summed E-state index contributed by atoms with van der Waals surface area (Å²) in [4.78, 5) is 30.9. The van der Waals surface area contributed by atoms with Gasteiger partial charge in [-0.05, 0) is 26.8 Å². The fraction of sp³-hybridized carbons (Fsp3) is 0.632. The summed E-state index contributed by atoms with van der Waals surface area (Å²) in [5.74, 6) is 1.20. The van der Waals surface area contributed by atoms with Crippen molar-refractivity contribution >= 4 is 33.3 Å². The van der Waals surface area contributed by atoms with E-state index in [-0.39, 0.29) is 5.91 Å². The average Bonchev–Trinajstić information content (AvgIpc) is 3.08. The molecule has 0 bridgehead atoms. The van der Waals surface area contributed by atoms with Crippen LogP contribution < -0.4 is 4.90 Å². The average molecular weight is 390 g/mol. The second-order valence-electron chi connectivity index (χ2n) is 7.71. The van der Waals surface area contributed by atoms with E-state index in [9.17, 15) is 4.79 Å². The minimum Gasteiger partial charge on any atom is -0.379 e. The first-order chi connectivity index (χ1) is 13.0. The molecule has 0 saturated carbocycles. The maximum absolute atomic E-state index is 13.2. The number of anilines is 1. The third-order valence-electron chi connectivity index (χ3n) is 5.62. The van der Waals surface area contributed by atoms with Crippen molar-refractivity contribution in [1.29, 1.82) is 0 Å². The molecule has 2 aromatic heterocycles. The Morgan fingerprint density at radius 1 is 1.11 bits per heavy atom. The number of carbonyl (C=O) groups excluding carboxylic acids is 1. The van der Waals surface area contributed by atoms with Crippen LogP contribution in [0.25, 0.3) is 10.2 Å². The summed E-state index contributed by atoms with van der Waals surface area (Å²) in [5.41, 5.74) is -0.487. The van der Waals surface area contributed by atoms with Gasteiger partial charge in [0.25, 0.3) is 0 Å². The normalized spacial score (nSPS) is 19.7. The van der Waals surface area contributed by atoms with Gasteiger partial charge in [0, 0.05) is 44.1 Å². The van der Waals surface area contributed by atoms with Crippen LogP contribution in [0.5, 0.6) is 0 Å². The summed E-state index contributed by atoms with van der Waals surface area (Å²) in [7, 11) is 0. The summed E-state index contributed by atoms with van der Waals surface area (Å²) < 4.78 is 5.44. The fourth-order valence-electron chi connectivity index (χ4n) is 3.98. The predicted molar refractivity (Wildman–Crippen MR) is 107 cm³/mol. The van der Waals surface area contributed by atoms with Crippen LogP contribution in [0, 0.1) is 6.92 Å². The zero-order chi connectivity index (χ0) is 19.0. The number of aryl methyl sites for hydroxylation is 1. The Morgan fingerprint density at radius 2 is 1.81 bits per heavy atom. The highest BCUT2D eigenvalue weighted by molar-refractivity contribution is 7.18. The zero-order valence-electron chi connectivity index (χ0n) is 16.3. The number of carbonyl (C=O) groups is 1. The quantitative estimate of drug-likeness (QED) is 0.797. The Morgan fingerprint density at radius 3 is 2.52 bits per heavy atom. The van der Waals surface area contributed by atoms with Gasteiger partial charge in [0.15, 0.2) is 0 Å². The van der Waals surface area contributed by atoms with Gasteiger partial charge < -0.3 is 14.5 Å². The van der Waals surface area contributed by atoms with Crippen molar-refractivity contribution in [3.05, 3.63) is 17.3 Å². The second kappa shape index (κ2) is 7.33. The molecule has 0 atom stereocenters. The Kier molecular flexibility index (Phi) is 5.05. The molecule has 0 unspecified atom stereocenters. The monoisotopic (exact) mass is 389 g/mol. The molecular weight excluding hydrogens is 362 g/mol. The molecule has 27 heavy (non-hydrogen) atoms. The first kappa shape index (κ1) is 18.6. The molecule has 2 aromatic rings. The maximum atomic E-state index is 13.2. The summed E-state index contributed by atoms with van der Waals surface area (Å²) >= 11 is 1.70. The van der Waals surface area contributed by atoms with E-state index in [0.29, 0.717) is 13.2 Å². The lowest BCUT2D eigenvalue weighted by atomic mass is 9.99. The van der Waals surface area contributed by atoms with E-state index in [4.69, 9.17) is 4.74 Å². The van der Waals surface area contributed by atoms with E-state index in [1.807, 2.05) is 18.7 Å². The smallest absolute Gasteiger partial charge is 0.242 e. The molecule has 0 aromatic carbocycles. The summed E-state index contributed by atoms with van der Waals surface area (Å²) in [6, 6.07) is 2.16. The van der Waals surface area contributed by atoms with Crippen molar-refractivity contribution in [2.75, 3.05) is 57.4 Å². The van der Waals surface area contributed by atoms with Gasteiger partial charge in [-0.3, -0.25) is 9.69 Å². The van der Waals surface area contributed by atoms with E-state index in [1.165, 1.54) is 4.88 Å². The molecule has 2 saturated heterocycles. The van der Waals surface area contributed by atoms with Crippen molar-refractivity contribution in [2.45, 2.75) is 26.3 Å². The van der Waals surface area contributed by atoms with Crippen LogP contribution in [-0.2, 0) is 9.53 Å². The van der Waals surface area contributed by atoms with Crippen molar-refractivity contribution in [2.24, 2.45) is 0 Å². The van der Waals surface area contributed by atoms with Crippen molar-refractivity contribution in [1.82, 2.24) is 19.8 Å². The Labute approximate surface area is 163 Å². The molecule has 0 radical (unpaired) electrons. The number of ether oxygens (including phenoxy) is 1. The number of amides is 1. The van der Waals surface area contributed by atoms with E-state index in [2.05, 4.69) is 32.8 Å². The van der Waals surface area contributed by atoms with Gasteiger partial charge in [0.2, 0.25) is 5.91 Å². The molecule has 1 amide bonds. The molecule has 4 rings (SSSR count). The largest absolute Gasteiger partial charge is 0.379 e. The lowest BCUT2D eigenvalue weighted by Crippen LogP contribution is -2.61. The highest BCUT2D eigenvalue weighted by atomic mass is 32.1. The topological polar surface area (TPSA) is 61.8 Å². The lowest BCUT2D eigenvalue weighted by Gasteiger charge is -2.44. The zero-order valence-corrected chi connectivity index (χ0v) is 17.1. The van der Waals surface area contributed by atoms with Crippen LogP contribution in [0.15, 0.2) is 12.4 Å². The lowest BCUT2D eigenvalue weighted by molar-refractivity contribution is -0.145. The van der Waals surface area contributed by atoms with E-state index in [1.54, 1.807) is 17.7 Å². The van der Waals surface area contributed by atoms with E-state index in [0.717, 1.165) is 55.3 Å². The van der Waals surface area contributed by atoms with Gasteiger partial charge in [-0.15, -0.1) is 11.3 Å². The Balaban J connectivity index is 1.44.